The third kappa shape index (κ3) is 2.82. The molecule has 0 amide bonds. The van der Waals surface area contributed by atoms with E-state index in [1.165, 1.54) is 11.3 Å². The van der Waals surface area contributed by atoms with Crippen LogP contribution in [0.5, 0.6) is 0 Å². The SMILES string of the molecule is Cc1ccc(N2C[C@H](C(C)C)N=C2c2ccccn2)cc1. The summed E-state index contributed by atoms with van der Waals surface area (Å²) < 4.78 is 0. The number of amidine groups is 1. The molecule has 108 valence electrons. The minimum absolute atomic E-state index is 0.323. The number of aliphatic imine (C=N–C) groups is 1. The van der Waals surface area contributed by atoms with Gasteiger partial charge in [-0.05, 0) is 37.1 Å². The molecule has 1 atom stereocenters. The molecule has 0 fully saturated rings. The maximum absolute atomic E-state index is 4.92. The van der Waals surface area contributed by atoms with Crippen LogP contribution in [0.2, 0.25) is 0 Å². The molecule has 1 aromatic carbocycles. The molecule has 0 radical (unpaired) electrons. The lowest BCUT2D eigenvalue weighted by Crippen LogP contribution is -2.31. The topological polar surface area (TPSA) is 28.5 Å². The fourth-order valence-electron chi connectivity index (χ4n) is 2.55. The van der Waals surface area contributed by atoms with E-state index in [0.29, 0.717) is 12.0 Å². The zero-order valence-electron chi connectivity index (χ0n) is 12.8. The van der Waals surface area contributed by atoms with E-state index in [9.17, 15) is 0 Å². The Hall–Kier alpha value is -2.16. The highest BCUT2D eigenvalue weighted by atomic mass is 15.3. The molecule has 2 aromatic rings. The van der Waals surface area contributed by atoms with Crippen LogP contribution in [0.15, 0.2) is 53.7 Å². The number of benzene rings is 1. The first kappa shape index (κ1) is 13.8. The molecule has 0 bridgehead atoms. The van der Waals surface area contributed by atoms with Crippen LogP contribution in [0.4, 0.5) is 5.69 Å². The summed E-state index contributed by atoms with van der Waals surface area (Å²) in [5.74, 6) is 1.51. The van der Waals surface area contributed by atoms with Gasteiger partial charge < -0.3 is 4.90 Å². The van der Waals surface area contributed by atoms with E-state index in [1.807, 2.05) is 24.4 Å². The van der Waals surface area contributed by atoms with Crippen LogP contribution in [0.1, 0.15) is 25.1 Å². The molecule has 0 spiro atoms. The molecule has 0 saturated carbocycles. The summed E-state index contributed by atoms with van der Waals surface area (Å²) in [6.07, 6.45) is 1.83. The molecule has 0 aliphatic carbocycles. The average Bonchev–Trinajstić information content (AvgIpc) is 2.94. The predicted octanol–water partition coefficient (Wildman–Crippen LogP) is 3.68. The number of rotatable bonds is 3. The van der Waals surface area contributed by atoms with Gasteiger partial charge in [0.2, 0.25) is 0 Å². The second kappa shape index (κ2) is 5.68. The highest BCUT2D eigenvalue weighted by Gasteiger charge is 2.29. The minimum atomic E-state index is 0.323. The van der Waals surface area contributed by atoms with Crippen molar-refractivity contribution in [2.75, 3.05) is 11.4 Å². The van der Waals surface area contributed by atoms with Gasteiger partial charge in [0.05, 0.1) is 6.04 Å². The van der Waals surface area contributed by atoms with Crippen molar-refractivity contribution < 1.29 is 0 Å². The van der Waals surface area contributed by atoms with Crippen molar-refractivity contribution in [2.45, 2.75) is 26.8 Å². The van der Waals surface area contributed by atoms with Crippen molar-refractivity contribution in [1.29, 1.82) is 0 Å². The van der Waals surface area contributed by atoms with Gasteiger partial charge in [0, 0.05) is 18.4 Å². The molecule has 3 heteroatoms. The first-order valence-corrected chi connectivity index (χ1v) is 7.48. The van der Waals surface area contributed by atoms with E-state index in [4.69, 9.17) is 4.99 Å². The second-order valence-electron chi connectivity index (χ2n) is 5.93. The summed E-state index contributed by atoms with van der Waals surface area (Å²) in [5, 5.41) is 0. The lowest BCUT2D eigenvalue weighted by atomic mass is 10.1. The van der Waals surface area contributed by atoms with Gasteiger partial charge in [-0.25, -0.2) is 0 Å². The minimum Gasteiger partial charge on any atom is -0.323 e. The van der Waals surface area contributed by atoms with E-state index in [-0.39, 0.29) is 0 Å². The zero-order chi connectivity index (χ0) is 14.8. The molecule has 1 aliphatic heterocycles. The zero-order valence-corrected chi connectivity index (χ0v) is 12.8. The van der Waals surface area contributed by atoms with Crippen LogP contribution < -0.4 is 4.90 Å². The highest BCUT2D eigenvalue weighted by Crippen LogP contribution is 2.26. The molecule has 1 aliphatic rings. The van der Waals surface area contributed by atoms with Gasteiger partial charge in [-0.2, -0.15) is 0 Å². The fraction of sp³-hybridized carbons (Fsp3) is 0.333. The van der Waals surface area contributed by atoms with Crippen molar-refractivity contribution in [3.05, 3.63) is 59.9 Å². The van der Waals surface area contributed by atoms with Crippen molar-refractivity contribution >= 4 is 11.5 Å². The molecule has 3 rings (SSSR count). The van der Waals surface area contributed by atoms with E-state index >= 15 is 0 Å². The van der Waals surface area contributed by atoms with Crippen molar-refractivity contribution in [3.8, 4) is 0 Å². The quantitative estimate of drug-likeness (QED) is 0.857. The Morgan fingerprint density at radius 3 is 2.48 bits per heavy atom. The molecular weight excluding hydrogens is 258 g/mol. The Bertz CT molecular complexity index is 629. The third-order valence-corrected chi connectivity index (χ3v) is 3.92. The molecule has 21 heavy (non-hydrogen) atoms. The number of aromatic nitrogens is 1. The Labute approximate surface area is 126 Å². The number of aryl methyl sites for hydroxylation is 1. The highest BCUT2D eigenvalue weighted by molar-refractivity contribution is 6.10. The normalized spacial score (nSPS) is 18.2. The van der Waals surface area contributed by atoms with Crippen LogP contribution in [-0.4, -0.2) is 23.4 Å². The van der Waals surface area contributed by atoms with Crippen molar-refractivity contribution in [3.63, 3.8) is 0 Å². The maximum atomic E-state index is 4.92. The van der Waals surface area contributed by atoms with E-state index in [0.717, 1.165) is 18.1 Å². The third-order valence-electron chi connectivity index (χ3n) is 3.92. The number of hydrogen-bond donors (Lipinski definition) is 0. The molecular formula is C18H21N3. The van der Waals surface area contributed by atoms with E-state index < -0.39 is 0 Å². The Kier molecular flexibility index (Phi) is 3.74. The van der Waals surface area contributed by atoms with Crippen LogP contribution in [0.3, 0.4) is 0 Å². The van der Waals surface area contributed by atoms with E-state index in [1.54, 1.807) is 0 Å². The van der Waals surface area contributed by atoms with Gasteiger partial charge in [0.1, 0.15) is 5.69 Å². The number of anilines is 1. The fourth-order valence-corrected chi connectivity index (χ4v) is 2.55. The standard InChI is InChI=1S/C18H21N3/c1-13(2)17-12-21(15-9-7-14(3)8-10-15)18(20-17)16-6-4-5-11-19-16/h4-11,13,17H,12H2,1-3H3/t17-/m1/s1. The average molecular weight is 279 g/mol. The molecule has 2 heterocycles. The van der Waals surface area contributed by atoms with Gasteiger partial charge in [-0.3, -0.25) is 9.98 Å². The predicted molar refractivity (Wildman–Crippen MR) is 87.9 cm³/mol. The summed E-state index contributed by atoms with van der Waals surface area (Å²) in [6.45, 7) is 7.48. The summed E-state index contributed by atoms with van der Waals surface area (Å²) >= 11 is 0. The summed E-state index contributed by atoms with van der Waals surface area (Å²) in [6, 6.07) is 14.9. The Morgan fingerprint density at radius 2 is 1.86 bits per heavy atom. The summed E-state index contributed by atoms with van der Waals surface area (Å²) in [5.41, 5.74) is 3.41. The van der Waals surface area contributed by atoms with Crippen LogP contribution in [0.25, 0.3) is 0 Å². The largest absolute Gasteiger partial charge is 0.323 e. The Morgan fingerprint density at radius 1 is 1.10 bits per heavy atom. The lowest BCUT2D eigenvalue weighted by molar-refractivity contribution is 0.521. The second-order valence-corrected chi connectivity index (χ2v) is 5.93. The molecule has 0 N–H and O–H groups in total. The first-order chi connectivity index (χ1) is 10.1. The number of hydrogen-bond acceptors (Lipinski definition) is 3. The molecule has 3 nitrogen and oxygen atoms in total. The molecule has 0 unspecified atom stereocenters. The van der Waals surface area contributed by atoms with Crippen LogP contribution >= 0.6 is 0 Å². The van der Waals surface area contributed by atoms with Gasteiger partial charge in [0.25, 0.3) is 0 Å². The summed E-state index contributed by atoms with van der Waals surface area (Å²) in [7, 11) is 0. The monoisotopic (exact) mass is 279 g/mol. The van der Waals surface area contributed by atoms with Crippen LogP contribution in [0, 0.1) is 12.8 Å². The van der Waals surface area contributed by atoms with Gasteiger partial charge in [-0.1, -0.05) is 37.6 Å². The number of nitrogens with zero attached hydrogens (tertiary/aromatic N) is 3. The Balaban J connectivity index is 1.99. The molecule has 1 aromatic heterocycles. The van der Waals surface area contributed by atoms with Crippen molar-refractivity contribution in [1.82, 2.24) is 4.98 Å². The van der Waals surface area contributed by atoms with Crippen LogP contribution in [-0.2, 0) is 0 Å². The van der Waals surface area contributed by atoms with Crippen molar-refractivity contribution in [2.24, 2.45) is 10.9 Å². The maximum Gasteiger partial charge on any atom is 0.154 e. The first-order valence-electron chi connectivity index (χ1n) is 7.48. The number of pyridine rings is 1. The summed E-state index contributed by atoms with van der Waals surface area (Å²) in [4.78, 5) is 11.7. The smallest absolute Gasteiger partial charge is 0.154 e. The lowest BCUT2D eigenvalue weighted by Gasteiger charge is -2.21. The van der Waals surface area contributed by atoms with Gasteiger partial charge in [0.15, 0.2) is 5.84 Å². The van der Waals surface area contributed by atoms with Gasteiger partial charge >= 0.3 is 0 Å². The van der Waals surface area contributed by atoms with E-state index in [2.05, 4.69) is 54.9 Å². The van der Waals surface area contributed by atoms with Gasteiger partial charge in [-0.15, -0.1) is 0 Å². The molecule has 0 saturated heterocycles.